The minimum atomic E-state index is -0.588. The van der Waals surface area contributed by atoms with Crippen molar-refractivity contribution in [3.8, 4) is 5.69 Å². The third-order valence-corrected chi connectivity index (χ3v) is 3.08. The van der Waals surface area contributed by atoms with E-state index in [1.165, 1.54) is 0 Å². The summed E-state index contributed by atoms with van der Waals surface area (Å²) in [5.74, 6) is -0.0498. The van der Waals surface area contributed by atoms with Gasteiger partial charge in [-0.25, -0.2) is 4.68 Å². The minimum absolute atomic E-state index is 0.0498. The van der Waals surface area contributed by atoms with Crippen LogP contribution in [0.2, 0.25) is 0 Å². The van der Waals surface area contributed by atoms with Crippen LogP contribution in [0, 0.1) is 0 Å². The highest BCUT2D eigenvalue weighted by molar-refractivity contribution is 5.97. The van der Waals surface area contributed by atoms with E-state index in [4.69, 9.17) is 0 Å². The van der Waals surface area contributed by atoms with Crippen molar-refractivity contribution in [3.63, 3.8) is 0 Å². The van der Waals surface area contributed by atoms with Gasteiger partial charge in [-0.05, 0) is 50.7 Å². The number of rotatable bonds is 5. The smallest absolute Gasteiger partial charge is 0.244 e. The Morgan fingerprint density at radius 1 is 1.30 bits per heavy atom. The van der Waals surface area contributed by atoms with E-state index in [9.17, 15) is 4.79 Å². The number of amides is 1. The number of carbonyl (C=O) groups is 1. The van der Waals surface area contributed by atoms with Gasteiger partial charge in [0.25, 0.3) is 0 Å². The Kier molecular flexibility index (Phi) is 4.20. The number of benzene rings is 1. The molecule has 0 unspecified atom stereocenters. The number of hydrogen-bond donors (Lipinski definition) is 2. The first-order valence-electron chi connectivity index (χ1n) is 6.69. The molecule has 5 heteroatoms. The van der Waals surface area contributed by atoms with E-state index in [-0.39, 0.29) is 5.91 Å². The highest BCUT2D eigenvalue weighted by atomic mass is 16.2. The fraction of sp³-hybridized carbons (Fsp3) is 0.333. The molecular weight excluding hydrogens is 252 g/mol. The molecule has 0 spiro atoms. The van der Waals surface area contributed by atoms with Gasteiger partial charge < -0.3 is 10.6 Å². The summed E-state index contributed by atoms with van der Waals surface area (Å²) < 4.78 is 1.77. The number of nitrogens with one attached hydrogen (secondary N) is 2. The number of carbonyl (C=O) groups excluding carboxylic acids is 1. The van der Waals surface area contributed by atoms with Gasteiger partial charge in [-0.2, -0.15) is 5.10 Å². The van der Waals surface area contributed by atoms with Crippen molar-refractivity contribution in [2.75, 3.05) is 11.9 Å². The Labute approximate surface area is 119 Å². The first kappa shape index (κ1) is 14.3. The lowest BCUT2D eigenvalue weighted by Crippen LogP contribution is -2.49. The molecule has 1 aromatic heterocycles. The molecule has 0 bridgehead atoms. The Morgan fingerprint density at radius 2 is 2.00 bits per heavy atom. The molecule has 20 heavy (non-hydrogen) atoms. The van der Waals surface area contributed by atoms with Crippen molar-refractivity contribution in [1.82, 2.24) is 15.1 Å². The highest BCUT2D eigenvalue weighted by Gasteiger charge is 2.25. The minimum Gasteiger partial charge on any atom is -0.325 e. The van der Waals surface area contributed by atoms with Crippen LogP contribution in [-0.4, -0.2) is 27.8 Å². The van der Waals surface area contributed by atoms with Crippen molar-refractivity contribution in [2.24, 2.45) is 0 Å². The first-order chi connectivity index (χ1) is 9.53. The lowest BCUT2D eigenvalue weighted by atomic mass is 10.0. The molecular formula is C15H20N4O. The maximum Gasteiger partial charge on any atom is 0.244 e. The molecule has 0 saturated carbocycles. The van der Waals surface area contributed by atoms with E-state index in [0.717, 1.165) is 17.9 Å². The average Bonchev–Trinajstić information content (AvgIpc) is 2.93. The largest absolute Gasteiger partial charge is 0.325 e. The van der Waals surface area contributed by atoms with E-state index >= 15 is 0 Å². The number of nitrogens with zero attached hydrogens (tertiary/aromatic N) is 2. The van der Waals surface area contributed by atoms with Gasteiger partial charge in [-0.3, -0.25) is 4.79 Å². The van der Waals surface area contributed by atoms with E-state index in [0.29, 0.717) is 0 Å². The van der Waals surface area contributed by atoms with Gasteiger partial charge in [0.1, 0.15) is 0 Å². The Bertz CT molecular complexity index is 558. The zero-order chi connectivity index (χ0) is 14.6. The summed E-state index contributed by atoms with van der Waals surface area (Å²) in [6.45, 7) is 6.46. The molecule has 0 radical (unpaired) electrons. The third kappa shape index (κ3) is 3.24. The summed E-state index contributed by atoms with van der Waals surface area (Å²) in [6.07, 6.45) is 3.61. The molecule has 1 aromatic carbocycles. The summed E-state index contributed by atoms with van der Waals surface area (Å²) in [5.41, 5.74) is 1.14. The monoisotopic (exact) mass is 272 g/mol. The quantitative estimate of drug-likeness (QED) is 0.877. The molecule has 106 valence electrons. The fourth-order valence-electron chi connectivity index (χ4n) is 1.93. The first-order valence-corrected chi connectivity index (χ1v) is 6.69. The second kappa shape index (κ2) is 5.88. The lowest BCUT2D eigenvalue weighted by Gasteiger charge is -2.24. The molecule has 1 amide bonds. The predicted molar refractivity (Wildman–Crippen MR) is 79.9 cm³/mol. The normalized spacial score (nSPS) is 11.3. The van der Waals surface area contributed by atoms with Crippen LogP contribution in [0.1, 0.15) is 20.8 Å². The van der Waals surface area contributed by atoms with E-state index in [1.54, 1.807) is 10.9 Å². The van der Waals surface area contributed by atoms with Gasteiger partial charge in [0.05, 0.1) is 11.2 Å². The summed E-state index contributed by atoms with van der Waals surface area (Å²) >= 11 is 0. The number of aromatic nitrogens is 2. The Morgan fingerprint density at radius 3 is 2.55 bits per heavy atom. The molecule has 0 aliphatic rings. The Hall–Kier alpha value is -2.14. The van der Waals surface area contributed by atoms with Crippen LogP contribution in [0.3, 0.4) is 0 Å². The summed E-state index contributed by atoms with van der Waals surface area (Å²) in [6, 6.07) is 9.45. The molecule has 0 aliphatic carbocycles. The molecule has 5 nitrogen and oxygen atoms in total. The van der Waals surface area contributed by atoms with Gasteiger partial charge in [-0.1, -0.05) is 6.92 Å². The van der Waals surface area contributed by atoms with Crippen LogP contribution in [0.25, 0.3) is 5.69 Å². The zero-order valence-electron chi connectivity index (χ0n) is 12.1. The number of hydrogen-bond acceptors (Lipinski definition) is 3. The highest BCUT2D eigenvalue weighted by Crippen LogP contribution is 2.14. The zero-order valence-corrected chi connectivity index (χ0v) is 12.1. The van der Waals surface area contributed by atoms with Crippen molar-refractivity contribution >= 4 is 11.6 Å². The standard InChI is InChI=1S/C15H20N4O/c1-4-16-15(2,3)14(20)18-12-6-8-13(9-7-12)19-11-5-10-17-19/h5-11,16H,4H2,1-3H3,(H,18,20). The molecule has 0 atom stereocenters. The summed E-state index contributed by atoms with van der Waals surface area (Å²) in [7, 11) is 0. The second-order valence-electron chi connectivity index (χ2n) is 5.11. The molecule has 0 saturated heterocycles. The van der Waals surface area contributed by atoms with Crippen molar-refractivity contribution in [1.29, 1.82) is 0 Å². The number of anilines is 1. The van der Waals surface area contributed by atoms with Crippen molar-refractivity contribution in [2.45, 2.75) is 26.3 Å². The number of likely N-dealkylation sites (N-methyl/N-ethyl adjacent to an activating group) is 1. The van der Waals surface area contributed by atoms with Gasteiger partial charge in [0.15, 0.2) is 0 Å². The molecule has 0 fully saturated rings. The van der Waals surface area contributed by atoms with E-state index in [1.807, 2.05) is 57.3 Å². The third-order valence-electron chi connectivity index (χ3n) is 3.08. The molecule has 2 rings (SSSR count). The molecule has 2 aromatic rings. The van der Waals surface area contributed by atoms with Crippen molar-refractivity contribution < 1.29 is 4.79 Å². The summed E-state index contributed by atoms with van der Waals surface area (Å²) in [5, 5.41) is 10.2. The van der Waals surface area contributed by atoms with Gasteiger partial charge in [0.2, 0.25) is 5.91 Å². The SMILES string of the molecule is CCNC(C)(C)C(=O)Nc1ccc(-n2cccn2)cc1. The van der Waals surface area contributed by atoms with E-state index < -0.39 is 5.54 Å². The van der Waals surface area contributed by atoms with E-state index in [2.05, 4.69) is 15.7 Å². The molecule has 1 heterocycles. The van der Waals surface area contributed by atoms with Gasteiger partial charge >= 0.3 is 0 Å². The Balaban J connectivity index is 2.06. The average molecular weight is 272 g/mol. The van der Waals surface area contributed by atoms with Crippen molar-refractivity contribution in [3.05, 3.63) is 42.7 Å². The lowest BCUT2D eigenvalue weighted by molar-refractivity contribution is -0.121. The maximum absolute atomic E-state index is 12.1. The fourth-order valence-corrected chi connectivity index (χ4v) is 1.93. The topological polar surface area (TPSA) is 59.0 Å². The van der Waals surface area contributed by atoms with Gasteiger partial charge in [-0.15, -0.1) is 0 Å². The summed E-state index contributed by atoms with van der Waals surface area (Å²) in [4.78, 5) is 12.1. The van der Waals surface area contributed by atoms with Crippen LogP contribution in [-0.2, 0) is 4.79 Å². The van der Waals surface area contributed by atoms with Crippen LogP contribution in [0.15, 0.2) is 42.7 Å². The van der Waals surface area contributed by atoms with Crippen LogP contribution in [0.5, 0.6) is 0 Å². The van der Waals surface area contributed by atoms with Crippen LogP contribution in [0.4, 0.5) is 5.69 Å². The maximum atomic E-state index is 12.1. The second-order valence-corrected chi connectivity index (χ2v) is 5.11. The molecule has 0 aliphatic heterocycles. The van der Waals surface area contributed by atoms with Crippen LogP contribution >= 0.6 is 0 Å². The predicted octanol–water partition coefficient (Wildman–Crippen LogP) is 2.20. The van der Waals surface area contributed by atoms with Gasteiger partial charge in [0, 0.05) is 18.1 Å². The van der Waals surface area contributed by atoms with Crippen LogP contribution < -0.4 is 10.6 Å². The molecule has 2 N–H and O–H groups in total.